The highest BCUT2D eigenvalue weighted by atomic mass is 16.5. The summed E-state index contributed by atoms with van der Waals surface area (Å²) in [6.45, 7) is 16.2. The molecule has 0 saturated heterocycles. The number of nitrogens with one attached hydrogen (secondary N) is 1. The van der Waals surface area contributed by atoms with Gasteiger partial charge in [-0.1, -0.05) is 41.0 Å². The van der Waals surface area contributed by atoms with E-state index in [9.17, 15) is 4.79 Å². The Kier molecular flexibility index (Phi) is 7.65. The summed E-state index contributed by atoms with van der Waals surface area (Å²) in [4.78, 5) is 11.8. The average Bonchev–Trinajstić information content (AvgIpc) is 2.13. The van der Waals surface area contributed by atoms with E-state index in [0.717, 1.165) is 6.61 Å². The van der Waals surface area contributed by atoms with Crippen molar-refractivity contribution in [2.24, 2.45) is 10.8 Å². The van der Waals surface area contributed by atoms with E-state index in [1.165, 1.54) is 12.8 Å². The van der Waals surface area contributed by atoms with E-state index in [1.54, 1.807) is 0 Å². The Bertz CT molecular complexity index is 270. The number of amides is 1. The second-order valence-electron chi connectivity index (χ2n) is 7.47. The third-order valence-electron chi connectivity index (χ3n) is 3.00. The second kappa shape index (κ2) is 7.88. The molecular weight excluding hydrogens is 238 g/mol. The van der Waals surface area contributed by atoms with Crippen LogP contribution in [0.15, 0.2) is 0 Å². The number of hydrogen-bond donors (Lipinski definition) is 1. The first kappa shape index (κ1) is 18.4. The molecule has 3 heteroatoms. The fraction of sp³-hybridized carbons (Fsp3) is 0.938. The highest BCUT2D eigenvalue weighted by Gasteiger charge is 2.24. The third kappa shape index (κ3) is 9.94. The summed E-state index contributed by atoms with van der Waals surface area (Å²) in [5.41, 5.74) is 0.117. The maximum atomic E-state index is 11.8. The fourth-order valence-electron chi connectivity index (χ4n) is 2.21. The number of hydrogen-bond acceptors (Lipinski definition) is 2. The van der Waals surface area contributed by atoms with E-state index in [0.29, 0.717) is 13.0 Å². The predicted octanol–water partition coefficient (Wildman–Crippen LogP) is 3.77. The van der Waals surface area contributed by atoms with Gasteiger partial charge in [0.05, 0.1) is 13.2 Å². The molecule has 114 valence electrons. The lowest BCUT2D eigenvalue weighted by atomic mass is 9.88. The van der Waals surface area contributed by atoms with Crippen molar-refractivity contribution >= 4 is 5.91 Å². The molecule has 0 aromatic heterocycles. The van der Waals surface area contributed by atoms with Crippen LogP contribution in [0.25, 0.3) is 0 Å². The van der Waals surface area contributed by atoms with Crippen LogP contribution in [-0.4, -0.2) is 25.2 Å². The summed E-state index contributed by atoms with van der Waals surface area (Å²) >= 11 is 0. The van der Waals surface area contributed by atoms with Gasteiger partial charge in [-0.15, -0.1) is 0 Å². The number of carbonyl (C=O) groups is 1. The normalized spacial score (nSPS) is 12.8. The Morgan fingerprint density at radius 3 is 2.11 bits per heavy atom. The minimum Gasteiger partial charge on any atom is -0.380 e. The molecular formula is C16H33NO2. The summed E-state index contributed by atoms with van der Waals surface area (Å²) in [5, 5.41) is 2.93. The molecule has 0 atom stereocenters. The topological polar surface area (TPSA) is 38.3 Å². The van der Waals surface area contributed by atoms with Crippen LogP contribution >= 0.6 is 0 Å². The van der Waals surface area contributed by atoms with Crippen molar-refractivity contribution in [1.82, 2.24) is 5.32 Å². The maximum Gasteiger partial charge on any atom is 0.220 e. The zero-order valence-corrected chi connectivity index (χ0v) is 13.9. The smallest absolute Gasteiger partial charge is 0.220 e. The average molecular weight is 271 g/mol. The number of ether oxygens (including phenoxy) is 1. The van der Waals surface area contributed by atoms with E-state index in [-0.39, 0.29) is 22.8 Å². The van der Waals surface area contributed by atoms with Gasteiger partial charge in [0.1, 0.15) is 0 Å². The fourth-order valence-corrected chi connectivity index (χ4v) is 2.21. The number of rotatable bonds is 9. The Hall–Kier alpha value is -0.570. The molecule has 3 nitrogen and oxygen atoms in total. The maximum absolute atomic E-state index is 11.8. The first-order valence-corrected chi connectivity index (χ1v) is 7.45. The molecule has 0 aliphatic carbocycles. The van der Waals surface area contributed by atoms with Gasteiger partial charge >= 0.3 is 0 Å². The van der Waals surface area contributed by atoms with Crippen LogP contribution in [-0.2, 0) is 9.53 Å². The summed E-state index contributed by atoms with van der Waals surface area (Å²) in [6.07, 6.45) is 2.86. The Morgan fingerprint density at radius 1 is 1.11 bits per heavy atom. The molecule has 0 aromatic rings. The van der Waals surface area contributed by atoms with Crippen molar-refractivity contribution in [2.45, 2.75) is 73.8 Å². The van der Waals surface area contributed by atoms with Crippen molar-refractivity contribution in [3.63, 3.8) is 0 Å². The molecule has 0 unspecified atom stereocenters. The summed E-state index contributed by atoms with van der Waals surface area (Å²) < 4.78 is 5.84. The van der Waals surface area contributed by atoms with Crippen LogP contribution in [0.4, 0.5) is 0 Å². The standard InChI is InChI=1S/C16H33NO2/c1-8-9-15(4,5)11-19-12-16(6,7)10-14(18)17-13(2)3/h13H,8-12H2,1-7H3,(H,17,18). The molecule has 19 heavy (non-hydrogen) atoms. The molecule has 0 saturated carbocycles. The lowest BCUT2D eigenvalue weighted by Gasteiger charge is -2.28. The summed E-state index contributed by atoms with van der Waals surface area (Å²) in [6, 6.07) is 0.202. The van der Waals surface area contributed by atoms with Crippen molar-refractivity contribution in [3.8, 4) is 0 Å². The molecule has 0 radical (unpaired) electrons. The van der Waals surface area contributed by atoms with Crippen LogP contribution in [0.1, 0.15) is 67.7 Å². The first-order chi connectivity index (χ1) is 8.58. The van der Waals surface area contributed by atoms with Gasteiger partial charge in [0.25, 0.3) is 0 Å². The van der Waals surface area contributed by atoms with E-state index in [4.69, 9.17) is 4.74 Å². The van der Waals surface area contributed by atoms with E-state index < -0.39 is 0 Å². The van der Waals surface area contributed by atoms with Gasteiger partial charge in [-0.05, 0) is 31.1 Å². The van der Waals surface area contributed by atoms with Crippen LogP contribution in [0, 0.1) is 10.8 Å². The quantitative estimate of drug-likeness (QED) is 0.693. The van der Waals surface area contributed by atoms with Crippen molar-refractivity contribution in [1.29, 1.82) is 0 Å². The molecule has 1 amide bonds. The molecule has 0 aromatic carbocycles. The molecule has 0 aliphatic rings. The molecule has 0 bridgehead atoms. The lowest BCUT2D eigenvalue weighted by Crippen LogP contribution is -2.35. The Balaban J connectivity index is 4.06. The second-order valence-corrected chi connectivity index (χ2v) is 7.47. The van der Waals surface area contributed by atoms with Gasteiger partial charge < -0.3 is 10.1 Å². The molecule has 0 aliphatic heterocycles. The highest BCUT2D eigenvalue weighted by molar-refractivity contribution is 5.76. The van der Waals surface area contributed by atoms with Crippen molar-refractivity contribution in [3.05, 3.63) is 0 Å². The predicted molar refractivity (Wildman–Crippen MR) is 81.2 cm³/mol. The van der Waals surface area contributed by atoms with E-state index in [2.05, 4.69) is 39.9 Å². The molecule has 0 spiro atoms. The highest BCUT2D eigenvalue weighted by Crippen LogP contribution is 2.25. The first-order valence-electron chi connectivity index (χ1n) is 7.45. The molecule has 0 fully saturated rings. The molecule has 0 rings (SSSR count). The minimum absolute atomic E-state index is 0.108. The Morgan fingerprint density at radius 2 is 1.63 bits per heavy atom. The number of carbonyl (C=O) groups excluding carboxylic acids is 1. The summed E-state index contributed by atoms with van der Waals surface area (Å²) in [5.74, 6) is 0.108. The minimum atomic E-state index is -0.110. The van der Waals surface area contributed by atoms with Gasteiger partial charge in [0.15, 0.2) is 0 Å². The van der Waals surface area contributed by atoms with Crippen molar-refractivity contribution in [2.75, 3.05) is 13.2 Å². The van der Waals surface area contributed by atoms with Gasteiger partial charge in [0.2, 0.25) is 5.91 Å². The summed E-state index contributed by atoms with van der Waals surface area (Å²) in [7, 11) is 0. The van der Waals surface area contributed by atoms with Crippen LogP contribution < -0.4 is 5.32 Å². The Labute approximate surface area is 119 Å². The zero-order chi connectivity index (χ0) is 15.1. The lowest BCUT2D eigenvalue weighted by molar-refractivity contribution is -0.124. The van der Waals surface area contributed by atoms with Crippen LogP contribution in [0.2, 0.25) is 0 Å². The van der Waals surface area contributed by atoms with Gasteiger partial charge in [-0.2, -0.15) is 0 Å². The zero-order valence-electron chi connectivity index (χ0n) is 13.9. The molecule has 1 N–H and O–H groups in total. The van der Waals surface area contributed by atoms with Crippen LogP contribution in [0.3, 0.4) is 0 Å². The van der Waals surface area contributed by atoms with Gasteiger partial charge in [0, 0.05) is 12.5 Å². The monoisotopic (exact) mass is 271 g/mol. The SMILES string of the molecule is CCCC(C)(C)COCC(C)(C)CC(=O)NC(C)C. The third-order valence-corrected chi connectivity index (χ3v) is 3.00. The van der Waals surface area contributed by atoms with E-state index in [1.807, 2.05) is 13.8 Å². The van der Waals surface area contributed by atoms with Gasteiger partial charge in [-0.3, -0.25) is 4.79 Å². The largest absolute Gasteiger partial charge is 0.380 e. The van der Waals surface area contributed by atoms with Gasteiger partial charge in [-0.25, -0.2) is 0 Å². The van der Waals surface area contributed by atoms with Crippen LogP contribution in [0.5, 0.6) is 0 Å². The molecule has 0 heterocycles. The van der Waals surface area contributed by atoms with E-state index >= 15 is 0 Å². The van der Waals surface area contributed by atoms with Crippen molar-refractivity contribution < 1.29 is 9.53 Å².